The zero-order chi connectivity index (χ0) is 23.5. The van der Waals surface area contributed by atoms with Crippen molar-refractivity contribution in [3.63, 3.8) is 0 Å². The van der Waals surface area contributed by atoms with Gasteiger partial charge in [-0.05, 0) is 89.5 Å². The molecule has 0 saturated carbocycles. The summed E-state index contributed by atoms with van der Waals surface area (Å²) in [5, 5.41) is 9.89. The Morgan fingerprint density at radius 1 is 1.16 bits per heavy atom. The van der Waals surface area contributed by atoms with Gasteiger partial charge in [0.25, 0.3) is 0 Å². The van der Waals surface area contributed by atoms with Gasteiger partial charge in [-0.25, -0.2) is 9.59 Å². The Hall–Kier alpha value is -2.28. The normalized spacial score (nSPS) is 18.5. The fourth-order valence-corrected chi connectivity index (χ4v) is 4.82. The number of ether oxygens (including phenoxy) is 2. The molecule has 178 valence electrons. The Bertz CT molecular complexity index is 818. The summed E-state index contributed by atoms with van der Waals surface area (Å²) in [7, 11) is 0. The number of benzene rings is 1. The molecular weight excluding hydrogens is 408 g/mol. The lowest BCUT2D eigenvalue weighted by Crippen LogP contribution is -2.41. The predicted octanol–water partition coefficient (Wildman–Crippen LogP) is 4.81. The van der Waals surface area contributed by atoms with Crippen molar-refractivity contribution in [1.82, 2.24) is 4.90 Å². The second kappa shape index (κ2) is 10.1. The van der Waals surface area contributed by atoms with E-state index < -0.39 is 11.6 Å². The number of carbonyl (C=O) groups excluding carboxylic acids is 1. The van der Waals surface area contributed by atoms with E-state index in [1.807, 2.05) is 33.8 Å². The van der Waals surface area contributed by atoms with Crippen LogP contribution in [0.1, 0.15) is 80.8 Å². The molecule has 1 amide bonds. The average molecular weight is 447 g/mol. The van der Waals surface area contributed by atoms with Crippen LogP contribution in [0.4, 0.5) is 10.5 Å². The van der Waals surface area contributed by atoms with Crippen LogP contribution >= 0.6 is 0 Å². The first kappa shape index (κ1) is 24.4. The Kier molecular flexibility index (Phi) is 7.70. The van der Waals surface area contributed by atoms with Crippen molar-refractivity contribution in [2.75, 3.05) is 37.7 Å². The van der Waals surface area contributed by atoms with Gasteiger partial charge >= 0.3 is 12.1 Å². The van der Waals surface area contributed by atoms with Crippen LogP contribution in [0, 0.1) is 6.92 Å². The van der Waals surface area contributed by atoms with E-state index in [-0.39, 0.29) is 12.0 Å². The third kappa shape index (κ3) is 5.74. The van der Waals surface area contributed by atoms with E-state index in [9.17, 15) is 14.7 Å². The Balaban J connectivity index is 1.83. The quantitative estimate of drug-likeness (QED) is 0.699. The Morgan fingerprint density at radius 3 is 2.31 bits per heavy atom. The molecule has 2 aliphatic heterocycles. The number of piperidine rings is 1. The van der Waals surface area contributed by atoms with Crippen molar-refractivity contribution in [3.8, 4) is 0 Å². The van der Waals surface area contributed by atoms with Crippen LogP contribution in [-0.2, 0) is 9.47 Å². The third-order valence-electron chi connectivity index (χ3n) is 6.53. The maximum absolute atomic E-state index is 12.4. The molecule has 2 fully saturated rings. The van der Waals surface area contributed by atoms with Crippen molar-refractivity contribution in [2.24, 2.45) is 0 Å². The molecule has 1 aromatic rings. The summed E-state index contributed by atoms with van der Waals surface area (Å²) < 4.78 is 11.0. The summed E-state index contributed by atoms with van der Waals surface area (Å²) >= 11 is 0. The highest BCUT2D eigenvalue weighted by Crippen LogP contribution is 2.36. The molecule has 7 heteroatoms. The van der Waals surface area contributed by atoms with Crippen LogP contribution in [0.15, 0.2) is 12.1 Å². The van der Waals surface area contributed by atoms with Crippen molar-refractivity contribution < 1.29 is 24.2 Å². The monoisotopic (exact) mass is 446 g/mol. The molecule has 2 saturated heterocycles. The fraction of sp³-hybridized carbons (Fsp3) is 0.680. The third-order valence-corrected chi connectivity index (χ3v) is 6.53. The van der Waals surface area contributed by atoms with E-state index in [4.69, 9.17) is 9.47 Å². The second-order valence-electron chi connectivity index (χ2n) is 9.89. The second-order valence-corrected chi connectivity index (χ2v) is 9.89. The van der Waals surface area contributed by atoms with Gasteiger partial charge < -0.3 is 24.4 Å². The maximum atomic E-state index is 12.4. The van der Waals surface area contributed by atoms with Crippen molar-refractivity contribution in [2.45, 2.75) is 77.9 Å². The van der Waals surface area contributed by atoms with Crippen LogP contribution in [0.3, 0.4) is 0 Å². The topological polar surface area (TPSA) is 79.3 Å². The lowest BCUT2D eigenvalue weighted by molar-refractivity contribution is 0.0204. The molecule has 0 aliphatic carbocycles. The molecule has 2 aliphatic rings. The van der Waals surface area contributed by atoms with Crippen molar-refractivity contribution in [1.29, 1.82) is 0 Å². The molecule has 7 nitrogen and oxygen atoms in total. The molecule has 2 heterocycles. The minimum Gasteiger partial charge on any atom is -0.478 e. The lowest BCUT2D eigenvalue weighted by atomic mass is 9.86. The number of likely N-dealkylation sites (tertiary alicyclic amines) is 1. The zero-order valence-electron chi connectivity index (χ0n) is 20.1. The van der Waals surface area contributed by atoms with E-state index in [0.717, 1.165) is 62.3 Å². The highest BCUT2D eigenvalue weighted by atomic mass is 16.6. The van der Waals surface area contributed by atoms with Gasteiger partial charge in [-0.1, -0.05) is 0 Å². The van der Waals surface area contributed by atoms with E-state index in [2.05, 4.69) is 17.9 Å². The van der Waals surface area contributed by atoms with Crippen LogP contribution in [-0.4, -0.2) is 66.6 Å². The number of hydrogen-bond donors (Lipinski definition) is 1. The molecule has 0 spiro atoms. The molecule has 32 heavy (non-hydrogen) atoms. The van der Waals surface area contributed by atoms with Gasteiger partial charge in [-0.2, -0.15) is 0 Å². The number of carboxylic acids is 1. The molecular formula is C25H38N2O5. The highest BCUT2D eigenvalue weighted by molar-refractivity contribution is 5.92. The van der Waals surface area contributed by atoms with Crippen LogP contribution in [0.25, 0.3) is 0 Å². The fourth-order valence-electron chi connectivity index (χ4n) is 4.82. The summed E-state index contributed by atoms with van der Waals surface area (Å²) in [6.45, 7) is 13.2. The largest absolute Gasteiger partial charge is 0.478 e. The average Bonchev–Trinajstić information content (AvgIpc) is 2.75. The van der Waals surface area contributed by atoms with E-state index in [1.54, 1.807) is 4.90 Å². The minimum atomic E-state index is -0.889. The number of nitrogens with zero attached hydrogens (tertiary/aromatic N) is 2. The van der Waals surface area contributed by atoms with Gasteiger partial charge in [0.1, 0.15) is 5.60 Å². The van der Waals surface area contributed by atoms with E-state index in [1.165, 1.54) is 0 Å². The van der Waals surface area contributed by atoms with Crippen LogP contribution in [0.5, 0.6) is 0 Å². The molecule has 1 aromatic carbocycles. The predicted molar refractivity (Wildman–Crippen MR) is 125 cm³/mol. The number of amides is 1. The van der Waals surface area contributed by atoms with Gasteiger partial charge in [-0.15, -0.1) is 0 Å². The lowest BCUT2D eigenvalue weighted by Gasteiger charge is -2.38. The number of carbonyl (C=O) groups is 2. The number of anilines is 1. The number of aromatic carboxylic acids is 1. The summed E-state index contributed by atoms with van der Waals surface area (Å²) in [6.07, 6.45) is 3.22. The highest BCUT2D eigenvalue weighted by Gasteiger charge is 2.30. The van der Waals surface area contributed by atoms with Crippen LogP contribution < -0.4 is 4.90 Å². The minimum absolute atomic E-state index is 0.222. The van der Waals surface area contributed by atoms with Crippen molar-refractivity contribution in [3.05, 3.63) is 28.8 Å². The Morgan fingerprint density at radius 2 is 1.78 bits per heavy atom. The molecule has 0 atom stereocenters. The number of rotatable bonds is 5. The van der Waals surface area contributed by atoms with Crippen LogP contribution in [0.2, 0.25) is 0 Å². The molecule has 3 rings (SSSR count). The molecule has 1 N–H and O–H groups in total. The van der Waals surface area contributed by atoms with Gasteiger partial charge in [0, 0.05) is 44.6 Å². The molecule has 0 aromatic heterocycles. The maximum Gasteiger partial charge on any atom is 0.410 e. The van der Waals surface area contributed by atoms with E-state index in [0.29, 0.717) is 24.7 Å². The molecule has 0 bridgehead atoms. The zero-order valence-corrected chi connectivity index (χ0v) is 20.1. The van der Waals surface area contributed by atoms with Crippen molar-refractivity contribution >= 4 is 17.7 Å². The summed E-state index contributed by atoms with van der Waals surface area (Å²) in [5.74, 6) is -0.667. The first-order chi connectivity index (χ1) is 15.1. The van der Waals surface area contributed by atoms with Gasteiger partial charge in [0.15, 0.2) is 0 Å². The van der Waals surface area contributed by atoms with Gasteiger partial charge in [0.05, 0.1) is 5.56 Å². The molecule has 0 unspecified atom stereocenters. The SMILES string of the molecule is CCN(c1cc(C2CCN(C(=O)OC(C)(C)C)CC2)cc(C(=O)O)c1C)C1CCOCC1. The number of carboxylic acid groups (broad SMARTS) is 1. The first-order valence-corrected chi connectivity index (χ1v) is 11.8. The number of hydrogen-bond acceptors (Lipinski definition) is 5. The standard InChI is InChI=1S/C25H38N2O5/c1-6-27(20-9-13-31-14-10-20)22-16-19(15-21(17(22)2)23(28)29)18-7-11-26(12-8-18)24(30)32-25(3,4)5/h15-16,18,20H,6-14H2,1-5H3,(H,28,29). The van der Waals surface area contributed by atoms with Gasteiger partial charge in [0.2, 0.25) is 0 Å². The summed E-state index contributed by atoms with van der Waals surface area (Å²) in [4.78, 5) is 28.6. The summed E-state index contributed by atoms with van der Waals surface area (Å²) in [6, 6.07) is 4.39. The Labute approximate surface area is 191 Å². The summed E-state index contributed by atoms with van der Waals surface area (Å²) in [5.41, 5.74) is 2.75. The van der Waals surface area contributed by atoms with Gasteiger partial charge in [-0.3, -0.25) is 0 Å². The van der Waals surface area contributed by atoms with E-state index >= 15 is 0 Å². The molecule has 0 radical (unpaired) electrons. The smallest absolute Gasteiger partial charge is 0.410 e. The first-order valence-electron chi connectivity index (χ1n) is 11.8.